The molecule has 1 aliphatic rings. The van der Waals surface area contributed by atoms with Crippen LogP contribution in [0.1, 0.15) is 81.3 Å². The molecule has 4 N–H and O–H groups in total. The lowest BCUT2D eigenvalue weighted by Gasteiger charge is -2.30. The van der Waals surface area contributed by atoms with Crippen LogP contribution < -0.4 is 24.8 Å². The number of esters is 1. The number of carbonyl (C=O) groups is 2. The van der Waals surface area contributed by atoms with Crippen molar-refractivity contribution in [1.82, 2.24) is 10.6 Å². The van der Waals surface area contributed by atoms with Gasteiger partial charge < -0.3 is 39.8 Å². The van der Waals surface area contributed by atoms with E-state index in [0.717, 1.165) is 0 Å². The van der Waals surface area contributed by atoms with Gasteiger partial charge in [-0.1, -0.05) is 12.1 Å². The van der Waals surface area contributed by atoms with Crippen LogP contribution >= 0.6 is 0 Å². The minimum absolute atomic E-state index is 0.0749. The number of amides is 2. The number of aliphatic hydroxyl groups is 2. The first-order valence-electron chi connectivity index (χ1n) is 15.0. The number of ether oxygens (including phenoxy) is 4. The van der Waals surface area contributed by atoms with Crippen molar-refractivity contribution < 1.29 is 43.7 Å². The minimum Gasteiger partial charge on any atom is -0.493 e. The molecule has 13 heteroatoms. The number of fused-ring (bicyclic) bond motifs is 1. The normalized spacial score (nSPS) is 21.4. The van der Waals surface area contributed by atoms with Crippen molar-refractivity contribution in [2.45, 2.75) is 103 Å². The monoisotopic (exact) mass is 631 g/mol. The Balaban J connectivity index is 1.96. The third-order valence-corrected chi connectivity index (χ3v) is 7.42. The van der Waals surface area contributed by atoms with Crippen LogP contribution in [0.3, 0.4) is 0 Å². The molecule has 0 aromatic heterocycles. The van der Waals surface area contributed by atoms with Crippen LogP contribution in [0.15, 0.2) is 30.3 Å². The van der Waals surface area contributed by atoms with Crippen molar-refractivity contribution in [2.24, 2.45) is 0 Å². The van der Waals surface area contributed by atoms with Gasteiger partial charge in [0.1, 0.15) is 24.0 Å². The second kappa shape index (κ2) is 15.8. The maximum absolute atomic E-state index is 13.7. The Morgan fingerprint density at radius 2 is 1.82 bits per heavy atom. The number of benzene rings is 2. The van der Waals surface area contributed by atoms with E-state index in [-0.39, 0.29) is 36.4 Å². The Bertz CT molecular complexity index is 1340. The number of carbonyl (C=O) groups excluding carboxylic acids is 2. The quantitative estimate of drug-likeness (QED) is 0.194. The fraction of sp³-hybridized carbons (Fsp3) is 0.562. The molecule has 0 radical (unpaired) electrons. The molecule has 3 rings (SSSR count). The first-order valence-corrected chi connectivity index (χ1v) is 15.0. The van der Waals surface area contributed by atoms with Gasteiger partial charge in [0.05, 0.1) is 37.4 Å². The van der Waals surface area contributed by atoms with Gasteiger partial charge in [-0.15, -0.1) is 0 Å². The molecule has 0 saturated carbocycles. The summed E-state index contributed by atoms with van der Waals surface area (Å²) >= 11 is 0. The van der Waals surface area contributed by atoms with Crippen LogP contribution in [-0.2, 0) is 17.8 Å². The number of hydrogen-bond acceptors (Lipinski definition) is 10. The Hall–Kier alpha value is -4.10. The largest absolute Gasteiger partial charge is 0.493 e. The van der Waals surface area contributed by atoms with Gasteiger partial charge in [-0.05, 0) is 71.8 Å². The fourth-order valence-electron chi connectivity index (χ4n) is 5.27. The third-order valence-electron chi connectivity index (χ3n) is 7.42. The number of hydrogen-bond donors (Lipinski definition) is 4. The van der Waals surface area contributed by atoms with E-state index in [9.17, 15) is 29.9 Å². The summed E-state index contributed by atoms with van der Waals surface area (Å²) in [5.74, 6) is 0.0832. The van der Waals surface area contributed by atoms with Gasteiger partial charge in [0.2, 0.25) is 0 Å². The Morgan fingerprint density at radius 3 is 2.47 bits per heavy atom. The molecule has 13 nitrogen and oxygen atoms in total. The SMILES string of the molecule is COc1cc(OCc2cccc([N+](=O)[O-])c2)c2c(c1OC)CCC[C@H](O)[C@H](O)[C@@H](NC(=O)NC(C)(C)C)CCC[C@H](C)OC2=O. The van der Waals surface area contributed by atoms with Gasteiger partial charge in [-0.2, -0.15) is 0 Å². The van der Waals surface area contributed by atoms with E-state index in [1.165, 1.54) is 32.4 Å². The number of nitrogens with zero attached hydrogens (tertiary/aromatic N) is 1. The van der Waals surface area contributed by atoms with Gasteiger partial charge >= 0.3 is 12.0 Å². The van der Waals surface area contributed by atoms with Crippen LogP contribution in [0.4, 0.5) is 10.5 Å². The average Bonchev–Trinajstić information content (AvgIpc) is 2.97. The molecule has 0 bridgehead atoms. The molecule has 4 atom stereocenters. The van der Waals surface area contributed by atoms with E-state index < -0.39 is 46.8 Å². The van der Waals surface area contributed by atoms with E-state index in [0.29, 0.717) is 48.3 Å². The number of nitro groups is 1. The number of rotatable bonds is 7. The molecule has 2 aromatic rings. The van der Waals surface area contributed by atoms with Crippen molar-refractivity contribution >= 4 is 17.7 Å². The summed E-state index contributed by atoms with van der Waals surface area (Å²) in [5.41, 5.74) is 0.489. The molecular weight excluding hydrogens is 586 g/mol. The molecule has 248 valence electrons. The number of nitro benzene ring substituents is 1. The number of urea groups is 1. The first kappa shape index (κ1) is 35.4. The molecule has 1 aliphatic heterocycles. The predicted octanol–water partition coefficient (Wildman–Crippen LogP) is 4.43. The average molecular weight is 632 g/mol. The Kier molecular flexibility index (Phi) is 12.4. The smallest absolute Gasteiger partial charge is 0.342 e. The lowest BCUT2D eigenvalue weighted by Crippen LogP contribution is -2.54. The highest BCUT2D eigenvalue weighted by molar-refractivity contribution is 5.96. The molecule has 0 aliphatic carbocycles. The van der Waals surface area contributed by atoms with Crippen LogP contribution in [-0.4, -0.2) is 71.2 Å². The molecule has 0 fully saturated rings. The zero-order chi connectivity index (χ0) is 33.3. The molecule has 2 aromatic carbocycles. The summed E-state index contributed by atoms with van der Waals surface area (Å²) in [6, 6.07) is 6.32. The second-order valence-corrected chi connectivity index (χ2v) is 12.2. The van der Waals surface area contributed by atoms with Crippen molar-refractivity contribution in [3.05, 3.63) is 57.1 Å². The van der Waals surface area contributed by atoms with Gasteiger partial charge in [0.15, 0.2) is 11.5 Å². The summed E-state index contributed by atoms with van der Waals surface area (Å²) in [5, 5.41) is 38.9. The zero-order valence-electron chi connectivity index (χ0n) is 26.8. The summed E-state index contributed by atoms with van der Waals surface area (Å²) in [6.07, 6.45) is -1.02. The molecular formula is C32H45N3O10. The van der Waals surface area contributed by atoms with Crippen molar-refractivity contribution in [2.75, 3.05) is 14.2 Å². The van der Waals surface area contributed by atoms with E-state index in [2.05, 4.69) is 10.6 Å². The van der Waals surface area contributed by atoms with E-state index in [1.807, 2.05) is 20.8 Å². The number of non-ortho nitro benzene ring substituents is 1. The lowest BCUT2D eigenvalue weighted by atomic mass is 9.93. The lowest BCUT2D eigenvalue weighted by molar-refractivity contribution is -0.384. The number of cyclic esters (lactones) is 1. The van der Waals surface area contributed by atoms with Crippen molar-refractivity contribution in [1.29, 1.82) is 0 Å². The van der Waals surface area contributed by atoms with Gasteiger partial charge in [0, 0.05) is 29.3 Å². The second-order valence-electron chi connectivity index (χ2n) is 12.2. The maximum atomic E-state index is 13.7. The predicted molar refractivity (Wildman–Crippen MR) is 166 cm³/mol. The first-order chi connectivity index (χ1) is 21.2. The summed E-state index contributed by atoms with van der Waals surface area (Å²) in [4.78, 5) is 37.1. The summed E-state index contributed by atoms with van der Waals surface area (Å²) in [7, 11) is 2.89. The van der Waals surface area contributed by atoms with Crippen LogP contribution in [0.2, 0.25) is 0 Å². The maximum Gasteiger partial charge on any atom is 0.342 e. The van der Waals surface area contributed by atoms with Gasteiger partial charge in [-0.25, -0.2) is 9.59 Å². The Morgan fingerprint density at radius 1 is 1.09 bits per heavy atom. The van der Waals surface area contributed by atoms with Crippen LogP contribution in [0.5, 0.6) is 17.2 Å². The van der Waals surface area contributed by atoms with Crippen LogP contribution in [0.25, 0.3) is 0 Å². The summed E-state index contributed by atoms with van der Waals surface area (Å²) < 4.78 is 23.1. The fourth-order valence-corrected chi connectivity index (χ4v) is 5.27. The zero-order valence-corrected chi connectivity index (χ0v) is 26.8. The van der Waals surface area contributed by atoms with Crippen molar-refractivity contribution in [3.63, 3.8) is 0 Å². The highest BCUT2D eigenvalue weighted by Crippen LogP contribution is 2.41. The molecule has 1 heterocycles. The van der Waals surface area contributed by atoms with E-state index in [4.69, 9.17) is 18.9 Å². The Labute approximate surface area is 263 Å². The number of aliphatic hydroxyl groups excluding tert-OH is 2. The number of methoxy groups -OCH3 is 2. The third kappa shape index (κ3) is 9.95. The molecule has 0 unspecified atom stereocenters. The highest BCUT2D eigenvalue weighted by atomic mass is 16.6. The van der Waals surface area contributed by atoms with Gasteiger partial charge in [-0.3, -0.25) is 10.1 Å². The molecule has 0 saturated heterocycles. The topological polar surface area (TPSA) is 179 Å². The van der Waals surface area contributed by atoms with E-state index in [1.54, 1.807) is 19.1 Å². The van der Waals surface area contributed by atoms with E-state index >= 15 is 0 Å². The van der Waals surface area contributed by atoms with Crippen LogP contribution in [0, 0.1) is 10.1 Å². The molecule has 45 heavy (non-hydrogen) atoms. The molecule has 0 spiro atoms. The standard InChI is InChI=1S/C32H45N3O10/c1-19-10-7-14-23(33-31(39)34-32(2,3)4)28(37)24(36)15-9-13-22-27(30(38)45-19)25(17-26(42-5)29(22)43-6)44-18-20-11-8-12-21(16-20)35(40)41/h8,11-12,16-17,19,23-24,28,36-37H,7,9-10,13-15,18H2,1-6H3,(H2,33,34,39)/t19-,23-,24-,28+/m0/s1. The van der Waals surface area contributed by atoms with Crippen molar-refractivity contribution in [3.8, 4) is 17.2 Å². The summed E-state index contributed by atoms with van der Waals surface area (Å²) in [6.45, 7) is 7.19. The molecule has 2 amide bonds. The van der Waals surface area contributed by atoms with Gasteiger partial charge in [0.25, 0.3) is 5.69 Å². The minimum atomic E-state index is -1.24. The highest BCUT2D eigenvalue weighted by Gasteiger charge is 2.31. The number of nitrogens with one attached hydrogen (secondary N) is 2.